The molecule has 0 aliphatic carbocycles. The lowest BCUT2D eigenvalue weighted by atomic mass is 9.83. The SMILES string of the molecule is C/C(=C\C[C@@H]1C[C@H](O[Si](C)(C)C(C)(C)C)C[C@]2(CC[C@H](C)[C@@H](C(C)C)O2)O1)CI. The molecule has 5 heteroatoms. The molecule has 0 aromatic heterocycles. The molecule has 2 fully saturated rings. The van der Waals surface area contributed by atoms with Crippen LogP contribution in [-0.4, -0.2) is 36.8 Å². The first-order valence-electron chi connectivity index (χ1n) is 11.5. The third kappa shape index (κ3) is 6.77. The van der Waals surface area contributed by atoms with Crippen molar-refractivity contribution in [2.75, 3.05) is 4.43 Å². The van der Waals surface area contributed by atoms with Gasteiger partial charge in [0.05, 0.1) is 18.3 Å². The number of ether oxygens (including phenoxy) is 2. The summed E-state index contributed by atoms with van der Waals surface area (Å²) in [5, 5.41) is 0.216. The molecule has 0 saturated carbocycles. The Morgan fingerprint density at radius 2 is 1.93 bits per heavy atom. The number of allylic oxidation sites excluding steroid dienone is 1. The standard InChI is InChI=1S/C24H45IO3Si/c1-17(2)22-19(4)12-13-24(27-22)15-21(28-29(8,9)23(5,6)7)14-20(26-24)11-10-18(3)16-25/h10,17,19-22H,11-16H2,1-9H3/b18-10+/t19-,20+,21-,22+,24+/m0/s1. The zero-order chi connectivity index (χ0) is 22.0. The van der Waals surface area contributed by atoms with E-state index in [9.17, 15) is 0 Å². The van der Waals surface area contributed by atoms with Crippen LogP contribution in [0.1, 0.15) is 80.6 Å². The molecule has 2 heterocycles. The summed E-state index contributed by atoms with van der Waals surface area (Å²) in [6, 6.07) is 0. The Balaban J connectivity index is 2.24. The van der Waals surface area contributed by atoms with Crippen LogP contribution in [0.4, 0.5) is 0 Å². The maximum Gasteiger partial charge on any atom is 0.192 e. The van der Waals surface area contributed by atoms with Crippen LogP contribution in [0.25, 0.3) is 0 Å². The van der Waals surface area contributed by atoms with E-state index in [1.165, 1.54) is 12.0 Å². The number of hydrogen-bond acceptors (Lipinski definition) is 3. The minimum atomic E-state index is -1.83. The van der Waals surface area contributed by atoms with Crippen LogP contribution in [0.5, 0.6) is 0 Å². The smallest absolute Gasteiger partial charge is 0.192 e. The van der Waals surface area contributed by atoms with Crippen LogP contribution >= 0.6 is 22.6 Å². The van der Waals surface area contributed by atoms with E-state index in [-0.39, 0.29) is 23.4 Å². The molecule has 1 spiro atoms. The van der Waals surface area contributed by atoms with Crippen molar-refractivity contribution in [1.29, 1.82) is 0 Å². The zero-order valence-corrected chi connectivity index (χ0v) is 23.5. The molecule has 170 valence electrons. The van der Waals surface area contributed by atoms with Gasteiger partial charge in [0.1, 0.15) is 0 Å². The summed E-state index contributed by atoms with van der Waals surface area (Å²) in [6.07, 6.45) is 7.99. The first-order chi connectivity index (χ1) is 13.3. The molecule has 0 amide bonds. The maximum atomic E-state index is 6.91. The molecule has 29 heavy (non-hydrogen) atoms. The minimum absolute atomic E-state index is 0.178. The van der Waals surface area contributed by atoms with Gasteiger partial charge in [-0.3, -0.25) is 0 Å². The molecule has 0 aromatic rings. The summed E-state index contributed by atoms with van der Waals surface area (Å²) in [6.45, 7) is 20.8. The number of halogens is 1. The van der Waals surface area contributed by atoms with Crippen LogP contribution in [0.3, 0.4) is 0 Å². The number of hydrogen-bond donors (Lipinski definition) is 0. The van der Waals surface area contributed by atoms with Gasteiger partial charge in [-0.05, 0) is 56.2 Å². The van der Waals surface area contributed by atoms with Crippen molar-refractivity contribution in [1.82, 2.24) is 0 Å². The van der Waals surface area contributed by atoms with Gasteiger partial charge in [0.2, 0.25) is 0 Å². The van der Waals surface area contributed by atoms with E-state index in [1.54, 1.807) is 0 Å². The second kappa shape index (κ2) is 10.0. The molecule has 2 aliphatic rings. The quantitative estimate of drug-likeness (QED) is 0.152. The lowest BCUT2D eigenvalue weighted by molar-refractivity contribution is -0.338. The maximum absolute atomic E-state index is 6.91. The van der Waals surface area contributed by atoms with E-state index in [4.69, 9.17) is 13.9 Å². The monoisotopic (exact) mass is 536 g/mol. The Morgan fingerprint density at radius 3 is 2.48 bits per heavy atom. The van der Waals surface area contributed by atoms with E-state index in [0.29, 0.717) is 11.8 Å². The summed E-state index contributed by atoms with van der Waals surface area (Å²) in [5.41, 5.74) is 1.42. The average molecular weight is 537 g/mol. The molecule has 0 unspecified atom stereocenters. The Labute approximate surface area is 195 Å². The lowest BCUT2D eigenvalue weighted by Crippen LogP contribution is -2.56. The van der Waals surface area contributed by atoms with E-state index in [1.807, 2.05) is 0 Å². The van der Waals surface area contributed by atoms with Crippen molar-refractivity contribution in [3.05, 3.63) is 11.6 Å². The third-order valence-electron chi connectivity index (χ3n) is 7.20. The highest BCUT2D eigenvalue weighted by Crippen LogP contribution is 2.46. The first kappa shape index (κ1) is 25.8. The van der Waals surface area contributed by atoms with E-state index < -0.39 is 14.1 Å². The summed E-state index contributed by atoms with van der Waals surface area (Å²) in [7, 11) is -1.83. The van der Waals surface area contributed by atoms with Crippen LogP contribution in [0, 0.1) is 11.8 Å². The van der Waals surface area contributed by atoms with Crippen molar-refractivity contribution in [3.63, 3.8) is 0 Å². The molecule has 0 N–H and O–H groups in total. The van der Waals surface area contributed by atoms with Gasteiger partial charge >= 0.3 is 0 Å². The third-order valence-corrected chi connectivity index (χ3v) is 12.9. The highest BCUT2D eigenvalue weighted by atomic mass is 127. The second-order valence-electron chi connectivity index (χ2n) is 11.4. The molecule has 2 rings (SSSR count). The average Bonchev–Trinajstić information content (AvgIpc) is 2.60. The summed E-state index contributed by atoms with van der Waals surface area (Å²) >= 11 is 2.43. The van der Waals surface area contributed by atoms with E-state index in [0.717, 1.165) is 30.1 Å². The molecule has 2 saturated heterocycles. The molecular formula is C24H45IO3Si. The molecule has 5 atom stereocenters. The van der Waals surface area contributed by atoms with Crippen molar-refractivity contribution in [2.24, 2.45) is 11.8 Å². The fraction of sp³-hybridized carbons (Fsp3) is 0.917. The molecule has 2 aliphatic heterocycles. The van der Waals surface area contributed by atoms with Gasteiger partial charge in [-0.2, -0.15) is 0 Å². The highest BCUT2D eigenvalue weighted by molar-refractivity contribution is 14.1. The van der Waals surface area contributed by atoms with Gasteiger partial charge in [0, 0.05) is 17.3 Å². The van der Waals surface area contributed by atoms with Gasteiger partial charge < -0.3 is 13.9 Å². The topological polar surface area (TPSA) is 27.7 Å². The van der Waals surface area contributed by atoms with E-state index >= 15 is 0 Å². The minimum Gasteiger partial charge on any atom is -0.414 e. The highest BCUT2D eigenvalue weighted by Gasteiger charge is 2.50. The predicted octanol–water partition coefficient (Wildman–Crippen LogP) is 7.49. The molecule has 0 radical (unpaired) electrons. The summed E-state index contributed by atoms with van der Waals surface area (Å²) in [4.78, 5) is 0. The van der Waals surface area contributed by atoms with Gasteiger partial charge in [0.15, 0.2) is 14.1 Å². The fourth-order valence-electron chi connectivity index (χ4n) is 4.40. The van der Waals surface area contributed by atoms with Gasteiger partial charge in [-0.1, -0.05) is 75.8 Å². The molecule has 3 nitrogen and oxygen atoms in total. The molecular weight excluding hydrogens is 491 g/mol. The number of rotatable bonds is 6. The van der Waals surface area contributed by atoms with Crippen LogP contribution in [-0.2, 0) is 13.9 Å². The van der Waals surface area contributed by atoms with Crippen molar-refractivity contribution >= 4 is 30.9 Å². The van der Waals surface area contributed by atoms with Crippen LogP contribution in [0.2, 0.25) is 18.1 Å². The molecule has 0 aromatic carbocycles. The van der Waals surface area contributed by atoms with Crippen molar-refractivity contribution < 1.29 is 13.9 Å². The Hall–Kier alpha value is 0.567. The lowest BCUT2D eigenvalue weighted by Gasteiger charge is -2.52. The largest absolute Gasteiger partial charge is 0.414 e. The van der Waals surface area contributed by atoms with Crippen LogP contribution in [0.15, 0.2) is 11.6 Å². The zero-order valence-electron chi connectivity index (χ0n) is 20.3. The Morgan fingerprint density at radius 1 is 1.28 bits per heavy atom. The van der Waals surface area contributed by atoms with Gasteiger partial charge in [-0.25, -0.2) is 0 Å². The Kier molecular flexibility index (Phi) is 8.91. The van der Waals surface area contributed by atoms with Gasteiger partial charge in [0.25, 0.3) is 0 Å². The van der Waals surface area contributed by atoms with Crippen molar-refractivity contribution in [2.45, 2.75) is 123 Å². The normalized spacial score (nSPS) is 34.8. The van der Waals surface area contributed by atoms with Crippen LogP contribution < -0.4 is 0 Å². The summed E-state index contributed by atoms with van der Waals surface area (Å²) in [5.74, 6) is 0.626. The predicted molar refractivity (Wildman–Crippen MR) is 134 cm³/mol. The Bertz CT molecular complexity index is 569. The fourth-order valence-corrected chi connectivity index (χ4v) is 6.08. The van der Waals surface area contributed by atoms with E-state index in [2.05, 4.69) is 90.2 Å². The molecule has 0 bridgehead atoms. The second-order valence-corrected chi connectivity index (χ2v) is 16.9. The van der Waals surface area contributed by atoms with Gasteiger partial charge in [-0.15, -0.1) is 0 Å². The van der Waals surface area contributed by atoms with Crippen molar-refractivity contribution in [3.8, 4) is 0 Å². The summed E-state index contributed by atoms with van der Waals surface area (Å²) < 4.78 is 21.5. The first-order valence-corrected chi connectivity index (χ1v) is 16.0. The number of alkyl halides is 1.